The van der Waals surface area contributed by atoms with Gasteiger partial charge in [0.15, 0.2) is 10.9 Å². The van der Waals surface area contributed by atoms with Crippen LogP contribution < -0.4 is 10.6 Å². The summed E-state index contributed by atoms with van der Waals surface area (Å²) in [6.07, 6.45) is 3.68. The fourth-order valence-corrected chi connectivity index (χ4v) is 3.60. The highest BCUT2D eigenvalue weighted by Gasteiger charge is 2.19. The lowest BCUT2D eigenvalue weighted by Crippen LogP contribution is -2.36. The summed E-state index contributed by atoms with van der Waals surface area (Å²) in [5.74, 6) is 0.713. The predicted molar refractivity (Wildman–Crippen MR) is 124 cm³/mol. The average molecular weight is 443 g/mol. The van der Waals surface area contributed by atoms with Crippen molar-refractivity contribution < 1.29 is 9.53 Å². The van der Waals surface area contributed by atoms with E-state index < -0.39 is 5.60 Å². The van der Waals surface area contributed by atoms with Crippen LogP contribution in [0.1, 0.15) is 37.6 Å². The second-order valence-electron chi connectivity index (χ2n) is 8.26. The van der Waals surface area contributed by atoms with E-state index in [-0.39, 0.29) is 6.09 Å². The zero-order valence-electron chi connectivity index (χ0n) is 18.7. The van der Waals surface area contributed by atoms with Gasteiger partial charge < -0.3 is 20.3 Å². The number of nitrogens with one attached hydrogen (secondary N) is 2. The van der Waals surface area contributed by atoms with Crippen molar-refractivity contribution in [3.63, 3.8) is 0 Å². The number of fused-ring (bicyclic) bond motifs is 1. The molecule has 0 bridgehead atoms. The summed E-state index contributed by atoms with van der Waals surface area (Å²) in [4.78, 5) is 23.5. The fraction of sp³-hybridized carbons (Fsp3) is 0.409. The molecule has 166 valence electrons. The SMILES string of the molecule is CN=C(NCc1ccc(CN(C)C(=O)OC(C)(C)C)cc1)NCc1cn2ccsc2n1. The van der Waals surface area contributed by atoms with E-state index in [1.54, 1.807) is 30.3 Å². The molecule has 0 unspecified atom stereocenters. The van der Waals surface area contributed by atoms with E-state index in [1.165, 1.54) is 0 Å². The predicted octanol–water partition coefficient (Wildman–Crippen LogP) is 3.63. The van der Waals surface area contributed by atoms with Crippen LogP contribution in [0.25, 0.3) is 4.96 Å². The van der Waals surface area contributed by atoms with Crippen LogP contribution in [-0.2, 0) is 24.4 Å². The Morgan fingerprint density at radius 1 is 1.19 bits per heavy atom. The molecular weight excluding hydrogens is 412 g/mol. The van der Waals surface area contributed by atoms with E-state index in [1.807, 2.05) is 67.2 Å². The number of hydrogen-bond donors (Lipinski definition) is 2. The van der Waals surface area contributed by atoms with Gasteiger partial charge >= 0.3 is 6.09 Å². The summed E-state index contributed by atoms with van der Waals surface area (Å²) in [7, 11) is 3.49. The average Bonchev–Trinajstić information content (AvgIpc) is 3.30. The van der Waals surface area contributed by atoms with Crippen molar-refractivity contribution in [1.82, 2.24) is 24.9 Å². The molecule has 2 N–H and O–H groups in total. The third-order valence-electron chi connectivity index (χ3n) is 4.41. The number of carbonyl (C=O) groups excluding carboxylic acids is 1. The van der Waals surface area contributed by atoms with Crippen LogP contribution in [0.5, 0.6) is 0 Å². The van der Waals surface area contributed by atoms with Crippen LogP contribution in [0.15, 0.2) is 47.0 Å². The molecule has 31 heavy (non-hydrogen) atoms. The number of ether oxygens (including phenoxy) is 1. The second kappa shape index (κ2) is 9.82. The Balaban J connectivity index is 1.46. The monoisotopic (exact) mass is 442 g/mol. The van der Waals surface area contributed by atoms with Gasteiger partial charge in [0.2, 0.25) is 0 Å². The molecule has 9 heteroatoms. The molecule has 8 nitrogen and oxygen atoms in total. The fourth-order valence-electron chi connectivity index (χ4n) is 2.88. The normalized spacial score (nSPS) is 12.1. The van der Waals surface area contributed by atoms with Crippen LogP contribution >= 0.6 is 11.3 Å². The molecule has 0 fully saturated rings. The number of aliphatic imine (C=N–C) groups is 1. The molecule has 2 heterocycles. The van der Waals surface area contributed by atoms with Crippen molar-refractivity contribution in [2.45, 2.75) is 46.0 Å². The van der Waals surface area contributed by atoms with Gasteiger partial charge in [-0.15, -0.1) is 11.3 Å². The van der Waals surface area contributed by atoms with Gasteiger partial charge in [0.1, 0.15) is 5.60 Å². The number of hydrogen-bond acceptors (Lipinski definition) is 5. The quantitative estimate of drug-likeness (QED) is 0.450. The van der Waals surface area contributed by atoms with Crippen molar-refractivity contribution in [3.8, 4) is 0 Å². The van der Waals surface area contributed by atoms with E-state index >= 15 is 0 Å². The van der Waals surface area contributed by atoms with Crippen LogP contribution in [0.2, 0.25) is 0 Å². The van der Waals surface area contributed by atoms with Crippen LogP contribution in [-0.4, -0.2) is 46.0 Å². The van der Waals surface area contributed by atoms with Crippen LogP contribution in [0.3, 0.4) is 0 Å². The van der Waals surface area contributed by atoms with Gasteiger partial charge in [-0.2, -0.15) is 0 Å². The minimum atomic E-state index is -0.499. The minimum absolute atomic E-state index is 0.328. The van der Waals surface area contributed by atoms with Crippen molar-refractivity contribution in [3.05, 3.63) is 58.9 Å². The molecule has 0 aliphatic heterocycles. The maximum Gasteiger partial charge on any atom is 0.410 e. The number of amides is 1. The van der Waals surface area contributed by atoms with Crippen molar-refractivity contribution in [2.75, 3.05) is 14.1 Å². The number of carbonyl (C=O) groups is 1. The van der Waals surface area contributed by atoms with Crippen molar-refractivity contribution >= 4 is 28.4 Å². The molecule has 0 aliphatic carbocycles. The largest absolute Gasteiger partial charge is 0.444 e. The second-order valence-corrected chi connectivity index (χ2v) is 9.13. The van der Waals surface area contributed by atoms with E-state index in [2.05, 4.69) is 20.6 Å². The molecular formula is C22H30N6O2S. The van der Waals surface area contributed by atoms with Gasteiger partial charge in [-0.05, 0) is 31.9 Å². The Hall–Kier alpha value is -3.07. The van der Waals surface area contributed by atoms with Gasteiger partial charge in [0, 0.05) is 45.0 Å². The van der Waals surface area contributed by atoms with Crippen LogP contribution in [0.4, 0.5) is 4.79 Å². The van der Waals surface area contributed by atoms with Crippen LogP contribution in [0, 0.1) is 0 Å². The summed E-state index contributed by atoms with van der Waals surface area (Å²) < 4.78 is 7.41. The topological polar surface area (TPSA) is 83.3 Å². The Kier molecular flexibility index (Phi) is 7.17. The Morgan fingerprint density at radius 3 is 2.52 bits per heavy atom. The highest BCUT2D eigenvalue weighted by molar-refractivity contribution is 7.15. The first-order chi connectivity index (χ1) is 14.7. The maximum absolute atomic E-state index is 12.1. The molecule has 0 saturated carbocycles. The zero-order chi connectivity index (χ0) is 22.4. The summed E-state index contributed by atoms with van der Waals surface area (Å²) in [6.45, 7) is 7.32. The highest BCUT2D eigenvalue weighted by Crippen LogP contribution is 2.13. The lowest BCUT2D eigenvalue weighted by molar-refractivity contribution is 0.0285. The number of thiazole rings is 1. The first-order valence-corrected chi connectivity index (χ1v) is 11.0. The summed E-state index contributed by atoms with van der Waals surface area (Å²) >= 11 is 1.61. The number of benzene rings is 1. The summed E-state index contributed by atoms with van der Waals surface area (Å²) in [6, 6.07) is 8.13. The number of nitrogens with zero attached hydrogens (tertiary/aromatic N) is 4. The summed E-state index contributed by atoms with van der Waals surface area (Å²) in [5.41, 5.74) is 2.63. The smallest absolute Gasteiger partial charge is 0.410 e. The molecule has 2 aromatic heterocycles. The Morgan fingerprint density at radius 2 is 1.87 bits per heavy atom. The lowest BCUT2D eigenvalue weighted by Gasteiger charge is -2.24. The zero-order valence-corrected chi connectivity index (χ0v) is 19.5. The number of aromatic nitrogens is 2. The molecule has 3 rings (SSSR count). The highest BCUT2D eigenvalue weighted by atomic mass is 32.1. The molecule has 0 spiro atoms. The Bertz CT molecular complexity index is 1000. The van der Waals surface area contributed by atoms with E-state index in [9.17, 15) is 4.79 Å². The van der Waals surface area contributed by atoms with Gasteiger partial charge in [0.05, 0.1) is 12.2 Å². The lowest BCUT2D eigenvalue weighted by atomic mass is 10.1. The molecule has 0 atom stereocenters. The first-order valence-electron chi connectivity index (χ1n) is 10.1. The van der Waals surface area contributed by atoms with Gasteiger partial charge in [-0.3, -0.25) is 9.39 Å². The Labute approximate surface area is 187 Å². The van der Waals surface area contributed by atoms with E-state index in [0.29, 0.717) is 25.6 Å². The molecule has 0 saturated heterocycles. The van der Waals surface area contributed by atoms with Crippen molar-refractivity contribution in [2.24, 2.45) is 4.99 Å². The molecule has 1 aromatic carbocycles. The van der Waals surface area contributed by atoms with Gasteiger partial charge in [0.25, 0.3) is 0 Å². The molecule has 1 amide bonds. The third kappa shape index (κ3) is 6.71. The standard InChI is InChI=1S/C22H30N6O2S/c1-22(2,3)30-21(29)27(5)14-17-8-6-16(7-9-17)12-24-19(23-4)25-13-18-15-28-10-11-31-20(28)26-18/h6-11,15H,12-14H2,1-5H3,(H2,23,24,25). The van der Waals surface area contributed by atoms with Gasteiger partial charge in [-0.25, -0.2) is 9.78 Å². The maximum atomic E-state index is 12.1. The van der Waals surface area contributed by atoms with E-state index in [4.69, 9.17) is 4.74 Å². The third-order valence-corrected chi connectivity index (χ3v) is 5.18. The number of rotatable bonds is 6. The number of imidazole rings is 1. The van der Waals surface area contributed by atoms with E-state index in [0.717, 1.165) is 21.8 Å². The molecule has 3 aromatic rings. The first kappa shape index (κ1) is 22.6. The number of guanidine groups is 1. The minimum Gasteiger partial charge on any atom is -0.444 e. The molecule has 0 radical (unpaired) electrons. The van der Waals surface area contributed by atoms with Crippen molar-refractivity contribution in [1.29, 1.82) is 0 Å². The summed E-state index contributed by atoms with van der Waals surface area (Å²) in [5, 5.41) is 8.61. The van der Waals surface area contributed by atoms with Gasteiger partial charge in [-0.1, -0.05) is 24.3 Å². The molecule has 0 aliphatic rings.